The molecule has 1 atom stereocenters. The molecule has 1 N–H and O–H groups in total. The molecule has 6 heteroatoms. The van der Waals surface area contributed by atoms with E-state index >= 15 is 0 Å². The third-order valence-electron chi connectivity index (χ3n) is 4.49. The number of carbonyl (C=O) groups excluding carboxylic acids is 1. The van der Waals surface area contributed by atoms with Crippen molar-refractivity contribution in [2.24, 2.45) is 0 Å². The summed E-state index contributed by atoms with van der Waals surface area (Å²) in [5.41, 5.74) is 3.43. The third kappa shape index (κ3) is 2.54. The molecule has 26 heavy (non-hydrogen) atoms. The molecule has 0 spiro atoms. The lowest BCUT2D eigenvalue weighted by molar-refractivity contribution is -0.139. The molecular formula is C20H18FN3O2. The van der Waals surface area contributed by atoms with Crippen LogP contribution < -0.4 is 5.32 Å². The number of para-hydroxylation sites is 2. The molecule has 0 saturated heterocycles. The van der Waals surface area contributed by atoms with E-state index in [-0.39, 0.29) is 12.4 Å². The van der Waals surface area contributed by atoms with E-state index in [1.807, 2.05) is 34.9 Å². The first-order valence-electron chi connectivity index (χ1n) is 8.47. The second-order valence-electron chi connectivity index (χ2n) is 6.14. The normalized spacial score (nSPS) is 16.3. The summed E-state index contributed by atoms with van der Waals surface area (Å²) in [6.45, 7) is 3.84. The first-order valence-corrected chi connectivity index (χ1v) is 8.47. The van der Waals surface area contributed by atoms with Gasteiger partial charge in [0.25, 0.3) is 0 Å². The van der Waals surface area contributed by atoms with Crippen LogP contribution in [-0.4, -0.2) is 22.1 Å². The number of aromatic nitrogens is 2. The summed E-state index contributed by atoms with van der Waals surface area (Å²) in [6.07, 6.45) is 0. The number of benzene rings is 2. The number of allylic oxidation sites excluding steroid dienone is 1. The maximum atomic E-state index is 13.9. The predicted molar refractivity (Wildman–Crippen MR) is 97.2 cm³/mol. The van der Waals surface area contributed by atoms with Crippen LogP contribution in [0.4, 0.5) is 10.3 Å². The Balaban J connectivity index is 1.99. The summed E-state index contributed by atoms with van der Waals surface area (Å²) in [5.74, 6) is -0.158. The smallest absolute Gasteiger partial charge is 0.338 e. The number of nitrogens with zero attached hydrogens (tertiary/aromatic N) is 2. The fraction of sp³-hybridized carbons (Fsp3) is 0.200. The molecule has 0 amide bonds. The SMILES string of the molecule is CCOC(=O)C1=C(C)Nc2nc3ccccc3n2[C@@H]1c1cccc(F)c1. The molecule has 1 aliphatic heterocycles. The molecule has 0 radical (unpaired) electrons. The van der Waals surface area contributed by atoms with Crippen molar-refractivity contribution in [3.63, 3.8) is 0 Å². The van der Waals surface area contributed by atoms with E-state index in [9.17, 15) is 9.18 Å². The van der Waals surface area contributed by atoms with Gasteiger partial charge >= 0.3 is 5.97 Å². The van der Waals surface area contributed by atoms with Gasteiger partial charge in [0.2, 0.25) is 5.95 Å². The average Bonchev–Trinajstić information content (AvgIpc) is 2.98. The van der Waals surface area contributed by atoms with Crippen molar-refractivity contribution in [1.29, 1.82) is 0 Å². The summed E-state index contributed by atoms with van der Waals surface area (Å²) < 4.78 is 21.1. The highest BCUT2D eigenvalue weighted by atomic mass is 19.1. The molecule has 1 aromatic heterocycles. The molecule has 0 fully saturated rings. The van der Waals surface area contributed by atoms with Crippen LogP contribution in [0.15, 0.2) is 59.8 Å². The van der Waals surface area contributed by atoms with Crippen LogP contribution in [0, 0.1) is 5.82 Å². The van der Waals surface area contributed by atoms with Gasteiger partial charge in [-0.05, 0) is 43.7 Å². The molecular weight excluding hydrogens is 333 g/mol. The Morgan fingerprint density at radius 1 is 1.27 bits per heavy atom. The summed E-state index contributed by atoms with van der Waals surface area (Å²) in [7, 11) is 0. The zero-order valence-electron chi connectivity index (χ0n) is 14.5. The minimum atomic E-state index is -0.520. The van der Waals surface area contributed by atoms with Crippen LogP contribution >= 0.6 is 0 Å². The van der Waals surface area contributed by atoms with E-state index in [0.29, 0.717) is 22.8 Å². The number of anilines is 1. The van der Waals surface area contributed by atoms with Gasteiger partial charge in [-0.15, -0.1) is 0 Å². The Morgan fingerprint density at radius 2 is 2.08 bits per heavy atom. The summed E-state index contributed by atoms with van der Waals surface area (Å²) in [4.78, 5) is 17.3. The van der Waals surface area contributed by atoms with Gasteiger partial charge in [-0.1, -0.05) is 24.3 Å². The van der Waals surface area contributed by atoms with Crippen molar-refractivity contribution in [3.05, 3.63) is 71.2 Å². The molecule has 5 nitrogen and oxygen atoms in total. The number of halogens is 1. The fourth-order valence-corrected chi connectivity index (χ4v) is 3.43. The maximum Gasteiger partial charge on any atom is 0.338 e. The molecule has 4 rings (SSSR count). The summed E-state index contributed by atoms with van der Waals surface area (Å²) in [6, 6.07) is 13.4. The van der Waals surface area contributed by atoms with Gasteiger partial charge in [0.15, 0.2) is 0 Å². The van der Waals surface area contributed by atoms with E-state index < -0.39 is 12.0 Å². The first-order chi connectivity index (χ1) is 12.6. The van der Waals surface area contributed by atoms with E-state index in [2.05, 4.69) is 10.3 Å². The van der Waals surface area contributed by atoms with Gasteiger partial charge in [0, 0.05) is 5.70 Å². The van der Waals surface area contributed by atoms with Crippen molar-refractivity contribution in [3.8, 4) is 0 Å². The number of esters is 1. The molecule has 0 unspecified atom stereocenters. The molecule has 2 aromatic carbocycles. The van der Waals surface area contributed by atoms with Crippen LogP contribution in [0.3, 0.4) is 0 Å². The second kappa shape index (κ2) is 6.29. The molecule has 2 heterocycles. The van der Waals surface area contributed by atoms with Gasteiger partial charge in [-0.2, -0.15) is 0 Å². The van der Waals surface area contributed by atoms with Gasteiger partial charge < -0.3 is 10.1 Å². The van der Waals surface area contributed by atoms with Crippen molar-refractivity contribution >= 4 is 23.0 Å². The Hall–Kier alpha value is -3.15. The zero-order chi connectivity index (χ0) is 18.3. The Kier molecular flexibility index (Phi) is 3.95. The van der Waals surface area contributed by atoms with E-state index in [4.69, 9.17) is 4.74 Å². The summed E-state index contributed by atoms with van der Waals surface area (Å²) in [5, 5.41) is 3.19. The van der Waals surface area contributed by atoms with E-state index in [1.165, 1.54) is 12.1 Å². The number of rotatable bonds is 3. The van der Waals surface area contributed by atoms with Crippen LogP contribution in [-0.2, 0) is 9.53 Å². The molecule has 132 valence electrons. The Bertz CT molecular complexity index is 1040. The first kappa shape index (κ1) is 16.3. The minimum Gasteiger partial charge on any atom is -0.463 e. The van der Waals surface area contributed by atoms with Crippen LogP contribution in [0.1, 0.15) is 25.5 Å². The van der Waals surface area contributed by atoms with E-state index in [0.717, 1.165) is 11.0 Å². The number of ether oxygens (including phenoxy) is 1. The van der Waals surface area contributed by atoms with Crippen molar-refractivity contribution in [2.45, 2.75) is 19.9 Å². The number of nitrogens with one attached hydrogen (secondary N) is 1. The number of hydrogen-bond donors (Lipinski definition) is 1. The largest absolute Gasteiger partial charge is 0.463 e. The lowest BCUT2D eigenvalue weighted by Gasteiger charge is -2.30. The number of carbonyl (C=O) groups is 1. The minimum absolute atomic E-state index is 0.267. The molecule has 3 aromatic rings. The van der Waals surface area contributed by atoms with E-state index in [1.54, 1.807) is 19.9 Å². The fourth-order valence-electron chi connectivity index (χ4n) is 3.43. The average molecular weight is 351 g/mol. The molecule has 0 saturated carbocycles. The standard InChI is InChI=1S/C20H18FN3O2/c1-3-26-19(25)17-12(2)22-20-23-15-9-4-5-10-16(15)24(20)18(17)13-7-6-8-14(21)11-13/h4-11,18H,3H2,1-2H3,(H,22,23)/t18-/m1/s1. The van der Waals surface area contributed by atoms with Crippen LogP contribution in [0.5, 0.6) is 0 Å². The quantitative estimate of drug-likeness (QED) is 0.724. The number of hydrogen-bond acceptors (Lipinski definition) is 4. The van der Waals surface area contributed by atoms with Gasteiger partial charge in [-0.3, -0.25) is 4.57 Å². The highest BCUT2D eigenvalue weighted by molar-refractivity contribution is 5.94. The van der Waals surface area contributed by atoms with Gasteiger partial charge in [0.1, 0.15) is 5.82 Å². The van der Waals surface area contributed by atoms with Crippen molar-refractivity contribution < 1.29 is 13.9 Å². The third-order valence-corrected chi connectivity index (χ3v) is 4.49. The highest BCUT2D eigenvalue weighted by Gasteiger charge is 2.34. The predicted octanol–water partition coefficient (Wildman–Crippen LogP) is 4.03. The van der Waals surface area contributed by atoms with Crippen molar-refractivity contribution in [2.75, 3.05) is 11.9 Å². The Morgan fingerprint density at radius 3 is 2.85 bits per heavy atom. The number of imidazole rings is 1. The van der Waals surface area contributed by atoms with Gasteiger partial charge in [0.05, 0.1) is 29.3 Å². The lowest BCUT2D eigenvalue weighted by Crippen LogP contribution is -2.29. The van der Waals surface area contributed by atoms with Gasteiger partial charge in [-0.25, -0.2) is 14.2 Å². The molecule has 1 aliphatic rings. The number of fused-ring (bicyclic) bond motifs is 3. The van der Waals surface area contributed by atoms with Crippen LogP contribution in [0.2, 0.25) is 0 Å². The Labute approximate surface area is 150 Å². The molecule has 0 bridgehead atoms. The monoisotopic (exact) mass is 351 g/mol. The maximum absolute atomic E-state index is 13.9. The zero-order valence-corrected chi connectivity index (χ0v) is 14.5. The lowest BCUT2D eigenvalue weighted by atomic mass is 9.95. The topological polar surface area (TPSA) is 56.1 Å². The van der Waals surface area contributed by atoms with Crippen molar-refractivity contribution in [1.82, 2.24) is 9.55 Å². The molecule has 0 aliphatic carbocycles. The van der Waals surface area contributed by atoms with Crippen LogP contribution in [0.25, 0.3) is 11.0 Å². The second-order valence-corrected chi connectivity index (χ2v) is 6.14. The highest BCUT2D eigenvalue weighted by Crippen LogP contribution is 2.39. The summed E-state index contributed by atoms with van der Waals surface area (Å²) >= 11 is 0.